The van der Waals surface area contributed by atoms with Crippen LogP contribution in [0.1, 0.15) is 0 Å². The third-order valence-electron chi connectivity index (χ3n) is 10.3. The topological polar surface area (TPSA) is 9.86 Å². The zero-order chi connectivity index (χ0) is 31.8. The molecule has 0 bridgehead atoms. The SMILES string of the molecule is C[SiH2]c1ccc(-n2c3ccccc3c3cc(-c4ccc5c(c4)c4ccccc4n5-c4cc5ccccc5c5ccccc45)ccc32)cc1. The van der Waals surface area contributed by atoms with Gasteiger partial charge in [-0.25, -0.2) is 0 Å². The summed E-state index contributed by atoms with van der Waals surface area (Å²) in [5.74, 6) is 0. The normalized spacial score (nSPS) is 12.2. The minimum Gasteiger partial charge on any atom is -0.309 e. The first-order valence-corrected chi connectivity index (χ1v) is 19.0. The summed E-state index contributed by atoms with van der Waals surface area (Å²) in [6.07, 6.45) is 0. The van der Waals surface area contributed by atoms with Crippen molar-refractivity contribution in [2.45, 2.75) is 6.55 Å². The second-order valence-electron chi connectivity index (χ2n) is 12.9. The Morgan fingerprint density at radius 2 is 0.875 bits per heavy atom. The Balaban J connectivity index is 1.19. The summed E-state index contributed by atoms with van der Waals surface area (Å²) in [4.78, 5) is 0. The highest BCUT2D eigenvalue weighted by Gasteiger charge is 2.18. The second kappa shape index (κ2) is 10.6. The van der Waals surface area contributed by atoms with Crippen molar-refractivity contribution in [3.63, 3.8) is 0 Å². The maximum atomic E-state index is 2.46. The van der Waals surface area contributed by atoms with Gasteiger partial charge in [0.05, 0.1) is 37.3 Å². The van der Waals surface area contributed by atoms with Gasteiger partial charge in [0.15, 0.2) is 0 Å². The maximum absolute atomic E-state index is 2.46. The molecule has 0 aliphatic rings. The largest absolute Gasteiger partial charge is 0.309 e. The van der Waals surface area contributed by atoms with Crippen LogP contribution in [0.2, 0.25) is 6.55 Å². The van der Waals surface area contributed by atoms with Crippen LogP contribution in [0.3, 0.4) is 0 Å². The predicted octanol–water partition coefficient (Wildman–Crippen LogP) is 10.7. The first-order chi connectivity index (χ1) is 23.8. The van der Waals surface area contributed by atoms with Gasteiger partial charge in [0.1, 0.15) is 0 Å². The molecule has 0 fully saturated rings. The molecule has 2 heterocycles. The Bertz CT molecular complexity index is 2870. The van der Waals surface area contributed by atoms with Crippen LogP contribution in [0.5, 0.6) is 0 Å². The first-order valence-electron chi connectivity index (χ1n) is 16.8. The van der Waals surface area contributed by atoms with Crippen LogP contribution in [0.15, 0.2) is 164 Å². The second-order valence-corrected chi connectivity index (χ2v) is 14.4. The molecule has 10 aromatic rings. The Labute approximate surface area is 280 Å². The monoisotopic (exact) mass is 628 g/mol. The summed E-state index contributed by atoms with van der Waals surface area (Å²) >= 11 is 0. The van der Waals surface area contributed by atoms with E-state index in [1.807, 2.05) is 0 Å². The van der Waals surface area contributed by atoms with Crippen molar-refractivity contribution in [2.75, 3.05) is 0 Å². The lowest BCUT2D eigenvalue weighted by molar-refractivity contribution is 1.18. The molecule has 0 atom stereocenters. The quantitative estimate of drug-likeness (QED) is 0.136. The number of rotatable bonds is 4. The molecule has 0 spiro atoms. The van der Waals surface area contributed by atoms with Crippen molar-refractivity contribution >= 4 is 79.9 Å². The lowest BCUT2D eigenvalue weighted by Gasteiger charge is -2.14. The van der Waals surface area contributed by atoms with Crippen LogP contribution >= 0.6 is 0 Å². The van der Waals surface area contributed by atoms with Gasteiger partial charge in [0, 0.05) is 32.6 Å². The fourth-order valence-electron chi connectivity index (χ4n) is 7.94. The zero-order valence-corrected chi connectivity index (χ0v) is 28.1. The fraction of sp³-hybridized carbons (Fsp3) is 0.0222. The third kappa shape index (κ3) is 3.98. The molecule has 0 N–H and O–H groups in total. The summed E-state index contributed by atoms with van der Waals surface area (Å²) in [5.41, 5.74) is 9.81. The number of hydrogen-bond acceptors (Lipinski definition) is 0. The van der Waals surface area contributed by atoms with E-state index in [2.05, 4.69) is 179 Å². The molecule has 226 valence electrons. The van der Waals surface area contributed by atoms with Crippen molar-refractivity contribution < 1.29 is 0 Å². The molecule has 0 saturated carbocycles. The molecule has 3 heteroatoms. The smallest absolute Gasteiger partial charge is 0.0546 e. The van der Waals surface area contributed by atoms with E-state index in [-0.39, 0.29) is 9.52 Å². The van der Waals surface area contributed by atoms with Crippen LogP contribution in [0.25, 0.3) is 87.7 Å². The molecule has 0 radical (unpaired) electrons. The Hall–Kier alpha value is -5.90. The van der Waals surface area contributed by atoms with E-state index < -0.39 is 0 Å². The molecule has 0 saturated heterocycles. The third-order valence-corrected chi connectivity index (χ3v) is 11.6. The van der Waals surface area contributed by atoms with Gasteiger partial charge in [-0.05, 0) is 81.9 Å². The van der Waals surface area contributed by atoms with Gasteiger partial charge in [-0.2, -0.15) is 0 Å². The highest BCUT2D eigenvalue weighted by Crippen LogP contribution is 2.40. The molecule has 0 aliphatic carbocycles. The summed E-state index contributed by atoms with van der Waals surface area (Å²) in [7, 11) is -0.180. The number of nitrogens with zero attached hydrogens (tertiary/aromatic N) is 2. The highest BCUT2D eigenvalue weighted by atomic mass is 28.2. The Morgan fingerprint density at radius 3 is 1.52 bits per heavy atom. The molecule has 48 heavy (non-hydrogen) atoms. The average molecular weight is 629 g/mol. The van der Waals surface area contributed by atoms with Crippen LogP contribution in [0, 0.1) is 0 Å². The van der Waals surface area contributed by atoms with Crippen LogP contribution in [0.4, 0.5) is 0 Å². The van der Waals surface area contributed by atoms with Gasteiger partial charge < -0.3 is 9.13 Å². The maximum Gasteiger partial charge on any atom is 0.0546 e. The van der Waals surface area contributed by atoms with Gasteiger partial charge in [-0.3, -0.25) is 0 Å². The number of fused-ring (bicyclic) bond motifs is 9. The van der Waals surface area contributed by atoms with Gasteiger partial charge in [-0.1, -0.05) is 121 Å². The van der Waals surface area contributed by atoms with Crippen LogP contribution in [-0.2, 0) is 0 Å². The van der Waals surface area contributed by atoms with Crippen molar-refractivity contribution in [1.29, 1.82) is 0 Å². The predicted molar refractivity (Wildman–Crippen MR) is 210 cm³/mol. The zero-order valence-electron chi connectivity index (χ0n) is 26.7. The van der Waals surface area contributed by atoms with E-state index in [1.165, 1.54) is 92.8 Å². The molecular formula is C45H32N2Si. The lowest BCUT2D eigenvalue weighted by atomic mass is 9.99. The van der Waals surface area contributed by atoms with E-state index in [0.717, 1.165) is 0 Å². The van der Waals surface area contributed by atoms with E-state index in [9.17, 15) is 0 Å². The van der Waals surface area contributed by atoms with Crippen LogP contribution in [-0.4, -0.2) is 18.7 Å². The minimum atomic E-state index is -0.180. The minimum absolute atomic E-state index is 0.180. The van der Waals surface area contributed by atoms with E-state index in [1.54, 1.807) is 0 Å². The molecule has 0 amide bonds. The van der Waals surface area contributed by atoms with Crippen molar-refractivity contribution in [3.8, 4) is 22.5 Å². The summed E-state index contributed by atoms with van der Waals surface area (Å²) < 4.78 is 4.88. The molecule has 8 aromatic carbocycles. The Kier molecular flexibility index (Phi) is 5.99. The summed E-state index contributed by atoms with van der Waals surface area (Å²) in [6.45, 7) is 2.34. The average Bonchev–Trinajstić information content (AvgIpc) is 3.66. The van der Waals surface area contributed by atoms with Gasteiger partial charge in [-0.15, -0.1) is 0 Å². The van der Waals surface area contributed by atoms with Crippen molar-refractivity contribution in [2.24, 2.45) is 0 Å². The Morgan fingerprint density at radius 1 is 0.375 bits per heavy atom. The van der Waals surface area contributed by atoms with Crippen molar-refractivity contribution in [1.82, 2.24) is 9.13 Å². The molecule has 2 nitrogen and oxygen atoms in total. The summed E-state index contributed by atoms with van der Waals surface area (Å²) in [6, 6.07) is 60.7. The fourth-order valence-corrected chi connectivity index (χ4v) is 8.65. The molecule has 2 aromatic heterocycles. The standard InChI is InChI=1S/C45H32N2Si/c1-48-33-22-20-32(21-23-33)46-41-16-8-6-14-37(41)39-26-29(18-24-43(39)46)30-19-25-44-40(27-30)38-15-7-9-17-42(38)47(44)45-28-31-10-2-3-11-34(31)35-12-4-5-13-36(35)45/h2-28H,48H2,1H3. The molecule has 0 unspecified atom stereocenters. The number of para-hydroxylation sites is 2. The first kappa shape index (κ1) is 27.2. The number of aromatic nitrogens is 2. The van der Waals surface area contributed by atoms with E-state index in [4.69, 9.17) is 0 Å². The molecule has 0 aliphatic heterocycles. The summed E-state index contributed by atoms with van der Waals surface area (Å²) in [5, 5.41) is 11.7. The van der Waals surface area contributed by atoms with Crippen LogP contribution < -0.4 is 5.19 Å². The van der Waals surface area contributed by atoms with Gasteiger partial charge in [0.2, 0.25) is 0 Å². The highest BCUT2D eigenvalue weighted by molar-refractivity contribution is 6.51. The molecular weight excluding hydrogens is 597 g/mol. The molecule has 10 rings (SSSR count). The van der Waals surface area contributed by atoms with E-state index >= 15 is 0 Å². The number of benzene rings is 8. The number of hydrogen-bond donors (Lipinski definition) is 0. The lowest BCUT2D eigenvalue weighted by Crippen LogP contribution is -2.09. The van der Waals surface area contributed by atoms with Crippen molar-refractivity contribution in [3.05, 3.63) is 164 Å². The van der Waals surface area contributed by atoms with Gasteiger partial charge >= 0.3 is 0 Å². The van der Waals surface area contributed by atoms with E-state index in [0.29, 0.717) is 0 Å². The van der Waals surface area contributed by atoms with Gasteiger partial charge in [0.25, 0.3) is 0 Å².